The molecule has 1 amide bonds. The quantitative estimate of drug-likeness (QED) is 0.543. The van der Waals surface area contributed by atoms with Crippen LogP contribution >= 0.6 is 0 Å². The minimum atomic E-state index is -0.585. The molecule has 2 aromatic rings. The molecule has 142 valence electrons. The molecule has 6 nitrogen and oxygen atoms in total. The fraction of sp³-hybridized carbons (Fsp3) is 0.238. The van der Waals surface area contributed by atoms with Crippen molar-refractivity contribution in [3.8, 4) is 11.5 Å². The third-order valence-electron chi connectivity index (χ3n) is 3.76. The van der Waals surface area contributed by atoms with E-state index < -0.39 is 5.97 Å². The van der Waals surface area contributed by atoms with Crippen LogP contribution in [0.5, 0.6) is 11.5 Å². The van der Waals surface area contributed by atoms with Gasteiger partial charge in [-0.2, -0.15) is 0 Å². The number of nitrogens with one attached hydrogen (secondary N) is 1. The number of benzene rings is 2. The van der Waals surface area contributed by atoms with Gasteiger partial charge >= 0.3 is 5.97 Å². The first-order valence-corrected chi connectivity index (χ1v) is 8.50. The Hall–Kier alpha value is -3.28. The third kappa shape index (κ3) is 6.86. The van der Waals surface area contributed by atoms with Crippen LogP contribution in [-0.4, -0.2) is 39.2 Å². The molecule has 0 aliphatic heterocycles. The predicted octanol–water partition coefficient (Wildman–Crippen LogP) is 2.62. The Morgan fingerprint density at radius 2 is 1.85 bits per heavy atom. The van der Waals surface area contributed by atoms with E-state index in [2.05, 4.69) is 5.32 Å². The number of carbonyl (C=O) groups excluding carboxylic acids is 2. The second-order valence-electron chi connectivity index (χ2n) is 5.63. The number of para-hydroxylation sites is 1. The SMILES string of the molecule is COc1cccc(/C=C/C(=O)OCC(=O)NCCc2ccccc2OC)c1. The highest BCUT2D eigenvalue weighted by molar-refractivity contribution is 5.89. The van der Waals surface area contributed by atoms with Gasteiger partial charge in [0.05, 0.1) is 14.2 Å². The van der Waals surface area contributed by atoms with Crippen molar-refractivity contribution in [2.75, 3.05) is 27.4 Å². The van der Waals surface area contributed by atoms with Crippen molar-refractivity contribution in [1.82, 2.24) is 5.32 Å². The standard InChI is InChI=1S/C21H23NO5/c1-25-18-8-5-6-16(14-18)10-11-21(24)27-15-20(23)22-13-12-17-7-3-4-9-19(17)26-2/h3-11,14H,12-13,15H2,1-2H3,(H,22,23)/b11-10+. The Morgan fingerprint density at radius 1 is 1.04 bits per heavy atom. The number of carbonyl (C=O) groups is 2. The zero-order valence-electron chi connectivity index (χ0n) is 15.4. The maximum Gasteiger partial charge on any atom is 0.331 e. The fourth-order valence-corrected chi connectivity index (χ4v) is 2.39. The average molecular weight is 369 g/mol. The van der Waals surface area contributed by atoms with Crippen LogP contribution in [0.4, 0.5) is 0 Å². The molecule has 6 heteroatoms. The molecule has 2 aromatic carbocycles. The summed E-state index contributed by atoms with van der Waals surface area (Å²) in [5, 5.41) is 2.71. The maximum absolute atomic E-state index is 11.8. The largest absolute Gasteiger partial charge is 0.497 e. The minimum Gasteiger partial charge on any atom is -0.497 e. The van der Waals surface area contributed by atoms with Gasteiger partial charge in [0.25, 0.3) is 5.91 Å². The predicted molar refractivity (Wildman–Crippen MR) is 103 cm³/mol. The molecular formula is C21H23NO5. The number of amides is 1. The normalized spacial score (nSPS) is 10.4. The van der Waals surface area contributed by atoms with E-state index in [0.717, 1.165) is 16.9 Å². The first-order chi connectivity index (χ1) is 13.1. The van der Waals surface area contributed by atoms with Crippen molar-refractivity contribution < 1.29 is 23.8 Å². The van der Waals surface area contributed by atoms with Crippen LogP contribution in [0.3, 0.4) is 0 Å². The number of methoxy groups -OCH3 is 2. The molecule has 1 N–H and O–H groups in total. The summed E-state index contributed by atoms with van der Waals surface area (Å²) in [6.07, 6.45) is 3.50. The Bertz CT molecular complexity index is 801. The molecule has 0 unspecified atom stereocenters. The summed E-state index contributed by atoms with van der Waals surface area (Å²) in [6, 6.07) is 14.9. The number of esters is 1. The summed E-state index contributed by atoms with van der Waals surface area (Å²) in [6.45, 7) is 0.101. The van der Waals surface area contributed by atoms with Crippen LogP contribution in [0.2, 0.25) is 0 Å². The van der Waals surface area contributed by atoms with E-state index in [9.17, 15) is 9.59 Å². The second kappa shape index (κ2) is 10.7. The monoisotopic (exact) mass is 369 g/mol. The molecule has 0 fully saturated rings. The van der Waals surface area contributed by atoms with Crippen LogP contribution in [0, 0.1) is 0 Å². The van der Waals surface area contributed by atoms with E-state index in [1.54, 1.807) is 26.4 Å². The molecule has 2 rings (SSSR count). The third-order valence-corrected chi connectivity index (χ3v) is 3.76. The smallest absolute Gasteiger partial charge is 0.331 e. The van der Waals surface area contributed by atoms with Crippen molar-refractivity contribution >= 4 is 18.0 Å². The van der Waals surface area contributed by atoms with Crippen molar-refractivity contribution in [2.24, 2.45) is 0 Å². The molecule has 0 aromatic heterocycles. The number of rotatable bonds is 9. The van der Waals surface area contributed by atoms with E-state index in [-0.39, 0.29) is 12.5 Å². The Balaban J connectivity index is 1.71. The highest BCUT2D eigenvalue weighted by atomic mass is 16.5. The number of hydrogen-bond donors (Lipinski definition) is 1. The molecule has 0 spiro atoms. The molecule has 0 radical (unpaired) electrons. The van der Waals surface area contributed by atoms with Crippen molar-refractivity contribution in [3.63, 3.8) is 0 Å². The van der Waals surface area contributed by atoms with Crippen LogP contribution in [0.25, 0.3) is 6.08 Å². The van der Waals surface area contributed by atoms with E-state index in [1.165, 1.54) is 6.08 Å². The lowest BCUT2D eigenvalue weighted by molar-refractivity contribution is -0.143. The van der Waals surface area contributed by atoms with Gasteiger partial charge in [-0.25, -0.2) is 4.79 Å². The van der Waals surface area contributed by atoms with Crippen molar-refractivity contribution in [3.05, 3.63) is 65.7 Å². The molecule has 27 heavy (non-hydrogen) atoms. The summed E-state index contributed by atoms with van der Waals surface area (Å²) in [5.74, 6) is 0.534. The number of hydrogen-bond acceptors (Lipinski definition) is 5. The van der Waals surface area contributed by atoms with Crippen molar-refractivity contribution in [1.29, 1.82) is 0 Å². The summed E-state index contributed by atoms with van der Waals surface area (Å²) in [7, 11) is 3.18. The zero-order chi connectivity index (χ0) is 19.5. The minimum absolute atomic E-state index is 0.326. The first-order valence-electron chi connectivity index (χ1n) is 8.50. The van der Waals surface area contributed by atoms with E-state index in [0.29, 0.717) is 18.7 Å². The summed E-state index contributed by atoms with van der Waals surface area (Å²) < 4.78 is 15.3. The summed E-state index contributed by atoms with van der Waals surface area (Å²) in [4.78, 5) is 23.5. The van der Waals surface area contributed by atoms with E-state index in [1.807, 2.05) is 42.5 Å². The lowest BCUT2D eigenvalue weighted by Gasteiger charge is -2.09. The number of ether oxygens (including phenoxy) is 3. The Morgan fingerprint density at radius 3 is 2.63 bits per heavy atom. The van der Waals surface area contributed by atoms with Gasteiger partial charge in [-0.1, -0.05) is 30.3 Å². The van der Waals surface area contributed by atoms with Crippen LogP contribution in [0.15, 0.2) is 54.6 Å². The molecule has 0 aliphatic rings. The lowest BCUT2D eigenvalue weighted by Crippen LogP contribution is -2.30. The highest BCUT2D eigenvalue weighted by Crippen LogP contribution is 2.17. The van der Waals surface area contributed by atoms with Crippen LogP contribution < -0.4 is 14.8 Å². The molecule has 0 saturated heterocycles. The van der Waals surface area contributed by atoms with Gasteiger partial charge in [0.15, 0.2) is 6.61 Å². The van der Waals surface area contributed by atoms with Crippen LogP contribution in [-0.2, 0) is 20.7 Å². The lowest BCUT2D eigenvalue weighted by atomic mass is 10.1. The van der Waals surface area contributed by atoms with Crippen LogP contribution in [0.1, 0.15) is 11.1 Å². The van der Waals surface area contributed by atoms with Gasteiger partial charge in [0, 0.05) is 12.6 Å². The molecule has 0 heterocycles. The molecule has 0 saturated carbocycles. The van der Waals surface area contributed by atoms with E-state index in [4.69, 9.17) is 14.2 Å². The molecular weight excluding hydrogens is 346 g/mol. The highest BCUT2D eigenvalue weighted by Gasteiger charge is 2.06. The van der Waals surface area contributed by atoms with Gasteiger partial charge in [0.2, 0.25) is 0 Å². The summed E-state index contributed by atoms with van der Waals surface area (Å²) >= 11 is 0. The Kier molecular flexibility index (Phi) is 7.91. The van der Waals surface area contributed by atoms with E-state index >= 15 is 0 Å². The topological polar surface area (TPSA) is 73.9 Å². The molecule has 0 atom stereocenters. The Labute approximate surface area is 158 Å². The zero-order valence-corrected chi connectivity index (χ0v) is 15.4. The van der Waals surface area contributed by atoms with Gasteiger partial charge in [0.1, 0.15) is 11.5 Å². The first kappa shape index (κ1) is 20.0. The van der Waals surface area contributed by atoms with Crippen molar-refractivity contribution in [2.45, 2.75) is 6.42 Å². The van der Waals surface area contributed by atoms with Gasteiger partial charge in [-0.3, -0.25) is 4.79 Å². The second-order valence-corrected chi connectivity index (χ2v) is 5.63. The summed E-state index contributed by atoms with van der Waals surface area (Å²) in [5.41, 5.74) is 1.80. The average Bonchev–Trinajstić information content (AvgIpc) is 2.71. The molecule has 0 bridgehead atoms. The maximum atomic E-state index is 11.8. The fourth-order valence-electron chi connectivity index (χ4n) is 2.39. The van der Waals surface area contributed by atoms with Gasteiger partial charge in [-0.15, -0.1) is 0 Å². The van der Waals surface area contributed by atoms with Gasteiger partial charge < -0.3 is 19.5 Å². The molecule has 0 aliphatic carbocycles. The van der Waals surface area contributed by atoms with Gasteiger partial charge in [-0.05, 0) is 41.8 Å².